The molecule has 0 atom stereocenters. The number of ether oxygens (including phenoxy) is 2. The summed E-state index contributed by atoms with van der Waals surface area (Å²) in [6, 6.07) is 7.43. The van der Waals surface area contributed by atoms with Crippen molar-refractivity contribution in [3.63, 3.8) is 0 Å². The molecule has 0 radical (unpaired) electrons. The number of carbonyl (C=O) groups excluding carboxylic acids is 1. The van der Waals surface area contributed by atoms with Crippen LogP contribution in [0.15, 0.2) is 48.6 Å². The molecule has 0 amide bonds. The monoisotopic (exact) mass is 200 g/mol. The van der Waals surface area contributed by atoms with Gasteiger partial charge in [-0.25, -0.2) is 0 Å². The zero-order chi connectivity index (χ0) is 10.3. The van der Waals surface area contributed by atoms with Gasteiger partial charge in [0.15, 0.2) is 17.3 Å². The standard InChI is InChI=1S/C12H8O3/c13-9-5-7-12(8-6-9)14-10-3-1-2-4-11(10)15-12/h1-8H. The second kappa shape index (κ2) is 2.73. The zero-order valence-corrected chi connectivity index (χ0v) is 7.84. The molecule has 1 aromatic rings. The minimum Gasteiger partial charge on any atom is -0.441 e. The van der Waals surface area contributed by atoms with Crippen LogP contribution in [0.1, 0.15) is 0 Å². The third-order valence-electron chi connectivity index (χ3n) is 2.35. The van der Waals surface area contributed by atoms with Gasteiger partial charge in [0.2, 0.25) is 0 Å². The number of benzene rings is 1. The molecule has 74 valence electrons. The fraction of sp³-hybridized carbons (Fsp3) is 0.0833. The first-order valence-electron chi connectivity index (χ1n) is 4.67. The van der Waals surface area contributed by atoms with Crippen molar-refractivity contribution >= 4 is 5.78 Å². The molecule has 3 rings (SSSR count). The van der Waals surface area contributed by atoms with Gasteiger partial charge in [0, 0.05) is 12.2 Å². The van der Waals surface area contributed by atoms with Crippen LogP contribution < -0.4 is 9.47 Å². The van der Waals surface area contributed by atoms with E-state index in [2.05, 4.69) is 0 Å². The summed E-state index contributed by atoms with van der Waals surface area (Å²) in [4.78, 5) is 11.0. The first kappa shape index (κ1) is 8.29. The summed E-state index contributed by atoms with van der Waals surface area (Å²) in [7, 11) is 0. The minimum atomic E-state index is -0.919. The van der Waals surface area contributed by atoms with Gasteiger partial charge >= 0.3 is 0 Å². The number of allylic oxidation sites excluding steroid dienone is 2. The van der Waals surface area contributed by atoms with Gasteiger partial charge in [-0.15, -0.1) is 0 Å². The smallest absolute Gasteiger partial charge is 0.292 e. The van der Waals surface area contributed by atoms with E-state index in [1.54, 1.807) is 12.2 Å². The summed E-state index contributed by atoms with van der Waals surface area (Å²) in [6.07, 6.45) is 6.14. The maximum Gasteiger partial charge on any atom is 0.292 e. The Balaban J connectivity index is 1.99. The third kappa shape index (κ3) is 1.24. The lowest BCUT2D eigenvalue weighted by Crippen LogP contribution is -2.35. The molecule has 0 saturated carbocycles. The molecule has 3 heteroatoms. The van der Waals surface area contributed by atoms with Crippen LogP contribution in [0.4, 0.5) is 0 Å². The highest BCUT2D eigenvalue weighted by atomic mass is 16.7. The first-order chi connectivity index (χ1) is 7.27. The van der Waals surface area contributed by atoms with Gasteiger partial charge in [0.25, 0.3) is 5.79 Å². The van der Waals surface area contributed by atoms with E-state index in [-0.39, 0.29) is 5.78 Å². The van der Waals surface area contributed by atoms with Crippen LogP contribution in [0.3, 0.4) is 0 Å². The van der Waals surface area contributed by atoms with Crippen molar-refractivity contribution < 1.29 is 14.3 Å². The Labute approximate surface area is 86.6 Å². The number of carbonyl (C=O) groups is 1. The van der Waals surface area contributed by atoms with Crippen molar-refractivity contribution in [2.45, 2.75) is 5.79 Å². The van der Waals surface area contributed by atoms with Crippen LogP contribution in [0, 0.1) is 0 Å². The van der Waals surface area contributed by atoms with E-state index < -0.39 is 5.79 Å². The average molecular weight is 200 g/mol. The van der Waals surface area contributed by atoms with Crippen LogP contribution in [-0.2, 0) is 4.79 Å². The molecule has 15 heavy (non-hydrogen) atoms. The van der Waals surface area contributed by atoms with Gasteiger partial charge in [0.05, 0.1) is 0 Å². The zero-order valence-electron chi connectivity index (χ0n) is 7.84. The summed E-state index contributed by atoms with van der Waals surface area (Å²) >= 11 is 0. The summed E-state index contributed by atoms with van der Waals surface area (Å²) in [5.41, 5.74) is 0. The molecular weight excluding hydrogens is 192 g/mol. The maximum absolute atomic E-state index is 11.0. The van der Waals surface area contributed by atoms with E-state index >= 15 is 0 Å². The Morgan fingerprint density at radius 3 is 2.00 bits per heavy atom. The van der Waals surface area contributed by atoms with E-state index in [9.17, 15) is 4.79 Å². The van der Waals surface area contributed by atoms with Crippen molar-refractivity contribution in [1.82, 2.24) is 0 Å². The molecule has 0 saturated heterocycles. The highest BCUT2D eigenvalue weighted by Gasteiger charge is 2.38. The average Bonchev–Trinajstić information content (AvgIpc) is 2.61. The van der Waals surface area contributed by atoms with E-state index in [1.165, 1.54) is 12.2 Å². The Kier molecular flexibility index (Phi) is 1.51. The molecular formula is C12H8O3. The van der Waals surface area contributed by atoms with Crippen molar-refractivity contribution in [2.75, 3.05) is 0 Å². The third-order valence-corrected chi connectivity index (χ3v) is 2.35. The van der Waals surface area contributed by atoms with Gasteiger partial charge in [-0.1, -0.05) is 12.1 Å². The molecule has 3 nitrogen and oxygen atoms in total. The molecule has 1 heterocycles. The predicted octanol–water partition coefficient (Wildman–Crippen LogP) is 1.85. The number of ketones is 1. The van der Waals surface area contributed by atoms with E-state index in [1.807, 2.05) is 24.3 Å². The van der Waals surface area contributed by atoms with E-state index in [0.29, 0.717) is 11.5 Å². The van der Waals surface area contributed by atoms with Gasteiger partial charge in [0.1, 0.15) is 0 Å². The van der Waals surface area contributed by atoms with Crippen LogP contribution in [-0.4, -0.2) is 11.6 Å². The molecule has 0 fully saturated rings. The molecule has 0 bridgehead atoms. The summed E-state index contributed by atoms with van der Waals surface area (Å²) in [5, 5.41) is 0. The largest absolute Gasteiger partial charge is 0.441 e. The highest BCUT2D eigenvalue weighted by Crippen LogP contribution is 2.40. The Hall–Kier alpha value is -2.03. The number of para-hydroxylation sites is 2. The van der Waals surface area contributed by atoms with Gasteiger partial charge in [-0.05, 0) is 24.3 Å². The van der Waals surface area contributed by atoms with Crippen LogP contribution in [0.5, 0.6) is 11.5 Å². The second-order valence-corrected chi connectivity index (χ2v) is 3.44. The summed E-state index contributed by atoms with van der Waals surface area (Å²) < 4.78 is 11.3. The summed E-state index contributed by atoms with van der Waals surface area (Å²) in [5.74, 6) is 0.420. The first-order valence-corrected chi connectivity index (χ1v) is 4.67. The second-order valence-electron chi connectivity index (χ2n) is 3.44. The molecule has 1 aliphatic heterocycles. The van der Waals surface area contributed by atoms with Crippen molar-refractivity contribution in [3.05, 3.63) is 48.6 Å². The number of hydrogen-bond acceptors (Lipinski definition) is 3. The molecule has 0 aromatic heterocycles. The fourth-order valence-electron chi connectivity index (χ4n) is 1.63. The quantitative estimate of drug-likeness (QED) is 0.641. The molecule has 1 aromatic carbocycles. The number of fused-ring (bicyclic) bond motifs is 1. The van der Waals surface area contributed by atoms with Crippen molar-refractivity contribution in [3.8, 4) is 11.5 Å². The maximum atomic E-state index is 11.0. The SMILES string of the molecule is O=C1C=CC2(C=C1)Oc1ccccc1O2. The van der Waals surface area contributed by atoms with Crippen LogP contribution >= 0.6 is 0 Å². The number of hydrogen-bond donors (Lipinski definition) is 0. The molecule has 0 N–H and O–H groups in total. The molecule has 1 aliphatic carbocycles. The van der Waals surface area contributed by atoms with E-state index in [4.69, 9.17) is 9.47 Å². The number of rotatable bonds is 0. The summed E-state index contributed by atoms with van der Waals surface area (Å²) in [6.45, 7) is 0. The van der Waals surface area contributed by atoms with Gasteiger partial charge in [-0.3, -0.25) is 4.79 Å². The lowest BCUT2D eigenvalue weighted by Gasteiger charge is -2.21. The fourth-order valence-corrected chi connectivity index (χ4v) is 1.63. The lowest BCUT2D eigenvalue weighted by atomic mass is 10.1. The molecule has 2 aliphatic rings. The van der Waals surface area contributed by atoms with Crippen LogP contribution in [0.2, 0.25) is 0 Å². The van der Waals surface area contributed by atoms with Gasteiger partial charge in [-0.2, -0.15) is 0 Å². The Morgan fingerprint density at radius 2 is 1.47 bits per heavy atom. The molecule has 0 unspecified atom stereocenters. The van der Waals surface area contributed by atoms with Crippen molar-refractivity contribution in [1.29, 1.82) is 0 Å². The van der Waals surface area contributed by atoms with Crippen molar-refractivity contribution in [2.24, 2.45) is 0 Å². The van der Waals surface area contributed by atoms with Crippen LogP contribution in [0.25, 0.3) is 0 Å². The van der Waals surface area contributed by atoms with Gasteiger partial charge < -0.3 is 9.47 Å². The Bertz CT molecular complexity index is 442. The normalized spacial score (nSPS) is 19.9. The minimum absolute atomic E-state index is 0.0521. The topological polar surface area (TPSA) is 35.5 Å². The Morgan fingerprint density at radius 1 is 0.933 bits per heavy atom. The predicted molar refractivity (Wildman–Crippen MR) is 53.7 cm³/mol. The highest BCUT2D eigenvalue weighted by molar-refractivity contribution is 6.00. The lowest BCUT2D eigenvalue weighted by molar-refractivity contribution is -0.111. The molecule has 1 spiro atoms. The van der Waals surface area contributed by atoms with E-state index in [0.717, 1.165) is 0 Å².